The van der Waals surface area contributed by atoms with Crippen molar-refractivity contribution in [2.75, 3.05) is 13.2 Å². The molecule has 0 fully saturated rings. The molecule has 0 saturated carbocycles. The molecule has 0 aromatic heterocycles. The maximum atomic E-state index is 11.8. The maximum absolute atomic E-state index is 11.8. The maximum Gasteiger partial charge on any atom is 0.188 e. The van der Waals surface area contributed by atoms with Crippen LogP contribution in [0.25, 0.3) is 0 Å². The number of benzene rings is 1. The SMILES string of the molecule is CC(C)=CCC[C@@H](C)CCOCC(=O)c1ccccc1. The van der Waals surface area contributed by atoms with Gasteiger partial charge in [0.2, 0.25) is 0 Å². The van der Waals surface area contributed by atoms with Gasteiger partial charge in [0, 0.05) is 12.2 Å². The molecular weight excluding hydrogens is 248 g/mol. The van der Waals surface area contributed by atoms with Gasteiger partial charge >= 0.3 is 0 Å². The predicted molar refractivity (Wildman–Crippen MR) is 84.0 cm³/mol. The van der Waals surface area contributed by atoms with Crippen molar-refractivity contribution in [1.82, 2.24) is 0 Å². The molecule has 0 saturated heterocycles. The van der Waals surface area contributed by atoms with E-state index >= 15 is 0 Å². The third-order valence-corrected chi connectivity index (χ3v) is 3.30. The van der Waals surface area contributed by atoms with Gasteiger partial charge in [-0.3, -0.25) is 4.79 Å². The van der Waals surface area contributed by atoms with E-state index in [2.05, 4.69) is 26.8 Å². The number of hydrogen-bond acceptors (Lipinski definition) is 2. The molecule has 0 aliphatic rings. The molecule has 0 spiro atoms. The summed E-state index contributed by atoms with van der Waals surface area (Å²) in [5, 5.41) is 0. The zero-order valence-electron chi connectivity index (χ0n) is 12.9. The largest absolute Gasteiger partial charge is 0.373 e. The second-order valence-electron chi connectivity index (χ2n) is 5.59. The standard InChI is InChI=1S/C18H26O2/c1-15(2)8-7-9-16(3)12-13-20-14-18(19)17-10-5-4-6-11-17/h4-6,8,10-11,16H,7,9,12-14H2,1-3H3/t16-/m1/s1. The van der Waals surface area contributed by atoms with E-state index in [1.165, 1.54) is 12.0 Å². The van der Waals surface area contributed by atoms with Crippen LogP contribution in [0, 0.1) is 5.92 Å². The number of Topliss-reactive ketones (excluding diaryl/α,β-unsaturated/α-hetero) is 1. The van der Waals surface area contributed by atoms with E-state index in [-0.39, 0.29) is 12.4 Å². The lowest BCUT2D eigenvalue weighted by molar-refractivity contribution is 0.0734. The Kier molecular flexibility index (Phi) is 7.89. The van der Waals surface area contributed by atoms with Gasteiger partial charge in [0.1, 0.15) is 6.61 Å². The summed E-state index contributed by atoms with van der Waals surface area (Å²) >= 11 is 0. The first-order valence-corrected chi connectivity index (χ1v) is 7.39. The third-order valence-electron chi connectivity index (χ3n) is 3.30. The molecule has 0 amide bonds. The van der Waals surface area contributed by atoms with Crippen molar-refractivity contribution in [3.8, 4) is 0 Å². The molecule has 0 N–H and O–H groups in total. The lowest BCUT2D eigenvalue weighted by Crippen LogP contribution is -2.11. The van der Waals surface area contributed by atoms with Crippen LogP contribution in [0.3, 0.4) is 0 Å². The molecule has 2 heteroatoms. The highest BCUT2D eigenvalue weighted by Gasteiger charge is 2.06. The molecule has 2 nitrogen and oxygen atoms in total. The van der Waals surface area contributed by atoms with Gasteiger partial charge in [0.05, 0.1) is 0 Å². The Balaban J connectivity index is 2.12. The predicted octanol–water partition coefficient (Wildman–Crippen LogP) is 4.66. The second kappa shape index (κ2) is 9.49. The van der Waals surface area contributed by atoms with Crippen LogP contribution in [-0.2, 0) is 4.74 Å². The van der Waals surface area contributed by atoms with Crippen molar-refractivity contribution in [3.63, 3.8) is 0 Å². The van der Waals surface area contributed by atoms with Gasteiger partial charge in [-0.2, -0.15) is 0 Å². The van der Waals surface area contributed by atoms with Crippen molar-refractivity contribution < 1.29 is 9.53 Å². The number of carbonyl (C=O) groups is 1. The van der Waals surface area contributed by atoms with Crippen LogP contribution in [0.5, 0.6) is 0 Å². The molecule has 0 aliphatic heterocycles. The summed E-state index contributed by atoms with van der Waals surface area (Å²) in [4.78, 5) is 11.8. The molecule has 0 heterocycles. The van der Waals surface area contributed by atoms with Crippen molar-refractivity contribution in [3.05, 3.63) is 47.5 Å². The lowest BCUT2D eigenvalue weighted by Gasteiger charge is -2.10. The number of allylic oxidation sites excluding steroid dienone is 2. The van der Waals surface area contributed by atoms with Gasteiger partial charge in [0.15, 0.2) is 5.78 Å². The zero-order valence-corrected chi connectivity index (χ0v) is 12.9. The van der Waals surface area contributed by atoms with E-state index in [0.29, 0.717) is 12.5 Å². The van der Waals surface area contributed by atoms with E-state index in [1.807, 2.05) is 30.3 Å². The molecule has 1 rings (SSSR count). The molecule has 1 aromatic rings. The summed E-state index contributed by atoms with van der Waals surface area (Å²) in [5.41, 5.74) is 2.10. The van der Waals surface area contributed by atoms with Gasteiger partial charge < -0.3 is 4.74 Å². The van der Waals surface area contributed by atoms with Crippen LogP contribution in [0.2, 0.25) is 0 Å². The number of hydrogen-bond donors (Lipinski definition) is 0. The molecule has 20 heavy (non-hydrogen) atoms. The highest BCUT2D eigenvalue weighted by molar-refractivity contribution is 5.96. The van der Waals surface area contributed by atoms with Crippen molar-refractivity contribution in [1.29, 1.82) is 0 Å². The first-order valence-electron chi connectivity index (χ1n) is 7.39. The van der Waals surface area contributed by atoms with E-state index in [0.717, 1.165) is 18.4 Å². The fourth-order valence-electron chi connectivity index (χ4n) is 1.96. The Labute approximate surface area is 122 Å². The summed E-state index contributed by atoms with van der Waals surface area (Å²) < 4.78 is 5.48. The fraction of sp³-hybridized carbons (Fsp3) is 0.500. The Bertz CT molecular complexity index is 416. The minimum absolute atomic E-state index is 0.0581. The van der Waals surface area contributed by atoms with E-state index in [4.69, 9.17) is 4.74 Å². The molecular formula is C18H26O2. The molecule has 0 bridgehead atoms. The van der Waals surface area contributed by atoms with Gasteiger partial charge in [-0.25, -0.2) is 0 Å². The smallest absolute Gasteiger partial charge is 0.188 e. The Morgan fingerprint density at radius 3 is 2.55 bits per heavy atom. The quantitative estimate of drug-likeness (QED) is 0.372. The number of rotatable bonds is 9. The van der Waals surface area contributed by atoms with Crippen molar-refractivity contribution >= 4 is 5.78 Å². The third kappa shape index (κ3) is 7.25. The normalized spacial score (nSPS) is 11.9. The molecule has 0 unspecified atom stereocenters. The molecule has 1 atom stereocenters. The van der Waals surface area contributed by atoms with Crippen LogP contribution in [0.4, 0.5) is 0 Å². The molecule has 1 aromatic carbocycles. The summed E-state index contributed by atoms with van der Waals surface area (Å²) in [6.45, 7) is 7.34. The lowest BCUT2D eigenvalue weighted by atomic mass is 10.0. The molecule has 0 aliphatic carbocycles. The summed E-state index contributed by atoms with van der Waals surface area (Å²) in [5.74, 6) is 0.695. The topological polar surface area (TPSA) is 26.3 Å². The monoisotopic (exact) mass is 274 g/mol. The number of ketones is 1. The average Bonchev–Trinajstić information content (AvgIpc) is 2.44. The average molecular weight is 274 g/mol. The van der Waals surface area contributed by atoms with Gasteiger partial charge in [-0.15, -0.1) is 0 Å². The number of ether oxygens (including phenoxy) is 1. The Hall–Kier alpha value is -1.41. The summed E-state index contributed by atoms with van der Waals surface area (Å²) in [7, 11) is 0. The number of carbonyl (C=O) groups excluding carboxylic acids is 1. The van der Waals surface area contributed by atoms with E-state index in [9.17, 15) is 4.79 Å². The van der Waals surface area contributed by atoms with Gasteiger partial charge in [0.25, 0.3) is 0 Å². The minimum atomic E-state index is 0.0581. The van der Waals surface area contributed by atoms with E-state index < -0.39 is 0 Å². The van der Waals surface area contributed by atoms with Crippen molar-refractivity contribution in [2.24, 2.45) is 5.92 Å². The van der Waals surface area contributed by atoms with E-state index in [1.54, 1.807) is 0 Å². The highest BCUT2D eigenvalue weighted by Crippen LogP contribution is 2.12. The van der Waals surface area contributed by atoms with Gasteiger partial charge in [-0.1, -0.05) is 48.9 Å². The molecule has 0 radical (unpaired) electrons. The van der Waals surface area contributed by atoms with Crippen molar-refractivity contribution in [2.45, 2.75) is 40.0 Å². The highest BCUT2D eigenvalue weighted by atomic mass is 16.5. The summed E-state index contributed by atoms with van der Waals surface area (Å²) in [6.07, 6.45) is 5.60. The van der Waals surface area contributed by atoms with Crippen LogP contribution in [0.15, 0.2) is 42.0 Å². The van der Waals surface area contributed by atoms with Gasteiger partial charge in [-0.05, 0) is 39.0 Å². The Morgan fingerprint density at radius 1 is 1.20 bits per heavy atom. The minimum Gasteiger partial charge on any atom is -0.373 e. The Morgan fingerprint density at radius 2 is 1.90 bits per heavy atom. The first kappa shape index (κ1) is 16.6. The van der Waals surface area contributed by atoms with Crippen LogP contribution in [0.1, 0.15) is 50.4 Å². The summed E-state index contributed by atoms with van der Waals surface area (Å²) in [6, 6.07) is 9.31. The molecule has 110 valence electrons. The zero-order chi connectivity index (χ0) is 14.8. The van der Waals surface area contributed by atoms with Crippen LogP contribution in [-0.4, -0.2) is 19.0 Å². The fourth-order valence-corrected chi connectivity index (χ4v) is 1.96. The van der Waals surface area contributed by atoms with Crippen LogP contribution < -0.4 is 0 Å². The van der Waals surface area contributed by atoms with Crippen LogP contribution >= 0.6 is 0 Å². The first-order chi connectivity index (χ1) is 9.59. The second-order valence-corrected chi connectivity index (χ2v) is 5.59.